The van der Waals surface area contributed by atoms with Gasteiger partial charge in [-0.2, -0.15) is 9.61 Å². The minimum absolute atomic E-state index is 0.134. The molecule has 0 saturated heterocycles. The van der Waals surface area contributed by atoms with Crippen LogP contribution in [0.2, 0.25) is 0 Å². The van der Waals surface area contributed by atoms with Gasteiger partial charge in [0.15, 0.2) is 5.01 Å². The van der Waals surface area contributed by atoms with Gasteiger partial charge in [-0.3, -0.25) is 4.79 Å². The molecule has 0 atom stereocenters. The minimum Gasteiger partial charge on any atom is -0.486 e. The van der Waals surface area contributed by atoms with Crippen LogP contribution in [0.25, 0.3) is 4.96 Å². The lowest BCUT2D eigenvalue weighted by atomic mass is 10.2. The van der Waals surface area contributed by atoms with Crippen molar-refractivity contribution in [3.8, 4) is 5.75 Å². The highest BCUT2D eigenvalue weighted by Gasteiger charge is 2.17. The van der Waals surface area contributed by atoms with Crippen LogP contribution in [0.4, 0.5) is 0 Å². The number of benzene rings is 1. The number of nitrogens with zero attached hydrogens (tertiary/aromatic N) is 3. The van der Waals surface area contributed by atoms with Crippen LogP contribution in [0.3, 0.4) is 0 Å². The maximum atomic E-state index is 12.3. The van der Waals surface area contributed by atoms with Crippen molar-refractivity contribution < 1.29 is 14.3 Å². The van der Waals surface area contributed by atoms with Crippen LogP contribution in [0.1, 0.15) is 27.9 Å². The van der Waals surface area contributed by atoms with E-state index < -0.39 is 11.5 Å². The summed E-state index contributed by atoms with van der Waals surface area (Å²) in [6.07, 6.45) is 1.22. The molecule has 124 valence electrons. The number of hydrogen-bond acceptors (Lipinski definition) is 7. The van der Waals surface area contributed by atoms with Gasteiger partial charge in [0.05, 0.1) is 12.8 Å². The van der Waals surface area contributed by atoms with E-state index in [1.165, 1.54) is 17.5 Å². The molecule has 0 N–H and O–H groups in total. The highest BCUT2D eigenvalue weighted by atomic mass is 32.1. The molecule has 0 amide bonds. The minimum atomic E-state index is -0.699. The van der Waals surface area contributed by atoms with Gasteiger partial charge >= 0.3 is 5.97 Å². The summed E-state index contributed by atoms with van der Waals surface area (Å²) < 4.78 is 11.6. The zero-order valence-corrected chi connectivity index (χ0v) is 14.0. The van der Waals surface area contributed by atoms with E-state index in [-0.39, 0.29) is 18.8 Å². The highest BCUT2D eigenvalue weighted by molar-refractivity contribution is 7.16. The number of aromatic nitrogens is 3. The zero-order chi connectivity index (χ0) is 17.1. The predicted molar refractivity (Wildman–Crippen MR) is 88.6 cm³/mol. The number of aryl methyl sites for hydroxylation is 1. The summed E-state index contributed by atoms with van der Waals surface area (Å²) in [7, 11) is 0. The second-order valence-electron chi connectivity index (χ2n) is 4.99. The van der Waals surface area contributed by atoms with Crippen molar-refractivity contribution in [2.45, 2.75) is 20.5 Å². The smallest absolute Gasteiger partial charge is 0.345 e. The van der Waals surface area contributed by atoms with Gasteiger partial charge in [-0.1, -0.05) is 23.5 Å². The van der Waals surface area contributed by atoms with Crippen LogP contribution >= 0.6 is 11.3 Å². The Bertz CT molecular complexity index is 948. The van der Waals surface area contributed by atoms with E-state index in [0.29, 0.717) is 9.97 Å². The van der Waals surface area contributed by atoms with Crippen LogP contribution in [-0.4, -0.2) is 27.2 Å². The second-order valence-corrected chi connectivity index (χ2v) is 6.03. The van der Waals surface area contributed by atoms with Gasteiger partial charge in [-0.15, -0.1) is 0 Å². The fraction of sp³-hybridized carbons (Fsp3) is 0.250. The van der Waals surface area contributed by atoms with Gasteiger partial charge in [-0.05, 0) is 31.5 Å². The zero-order valence-electron chi connectivity index (χ0n) is 13.2. The molecule has 2 aromatic heterocycles. The van der Waals surface area contributed by atoms with Crippen molar-refractivity contribution in [3.63, 3.8) is 0 Å². The average molecular weight is 345 g/mol. The molecule has 1 aromatic carbocycles. The molecule has 7 nitrogen and oxygen atoms in total. The number of carbonyl (C=O) groups is 1. The molecule has 0 aliphatic rings. The predicted octanol–water partition coefficient (Wildman–Crippen LogP) is 2.22. The number of rotatable bonds is 5. The Morgan fingerprint density at radius 3 is 2.96 bits per heavy atom. The first kappa shape index (κ1) is 16.1. The van der Waals surface area contributed by atoms with Crippen LogP contribution in [-0.2, 0) is 11.3 Å². The Morgan fingerprint density at radius 1 is 1.38 bits per heavy atom. The summed E-state index contributed by atoms with van der Waals surface area (Å²) in [6.45, 7) is 4.05. The van der Waals surface area contributed by atoms with Gasteiger partial charge in [0.1, 0.15) is 17.9 Å². The van der Waals surface area contributed by atoms with Gasteiger partial charge in [-0.25, -0.2) is 9.78 Å². The Morgan fingerprint density at radius 2 is 2.21 bits per heavy atom. The topological polar surface area (TPSA) is 82.8 Å². The Balaban J connectivity index is 1.84. The molecule has 8 heteroatoms. The van der Waals surface area contributed by atoms with E-state index in [1.54, 1.807) is 6.92 Å². The molecule has 0 unspecified atom stereocenters. The second kappa shape index (κ2) is 6.79. The van der Waals surface area contributed by atoms with Crippen LogP contribution in [0.5, 0.6) is 5.75 Å². The van der Waals surface area contributed by atoms with Crippen molar-refractivity contribution in [1.82, 2.24) is 14.6 Å². The monoisotopic (exact) mass is 345 g/mol. The Kier molecular flexibility index (Phi) is 4.57. The van der Waals surface area contributed by atoms with Crippen LogP contribution < -0.4 is 10.3 Å². The molecule has 0 aliphatic carbocycles. The van der Waals surface area contributed by atoms with E-state index in [2.05, 4.69) is 10.1 Å². The van der Waals surface area contributed by atoms with E-state index in [4.69, 9.17) is 9.47 Å². The Labute approximate surface area is 141 Å². The van der Waals surface area contributed by atoms with Crippen molar-refractivity contribution in [2.24, 2.45) is 0 Å². The van der Waals surface area contributed by atoms with Gasteiger partial charge in [0, 0.05) is 0 Å². The third-order valence-electron chi connectivity index (χ3n) is 3.18. The fourth-order valence-electron chi connectivity index (χ4n) is 2.08. The van der Waals surface area contributed by atoms with Gasteiger partial charge in [0.25, 0.3) is 5.56 Å². The quantitative estimate of drug-likeness (QED) is 0.659. The molecule has 3 rings (SSSR count). The lowest BCUT2D eigenvalue weighted by Crippen LogP contribution is -2.24. The maximum absolute atomic E-state index is 12.3. The van der Waals surface area contributed by atoms with Crippen LogP contribution in [0.15, 0.2) is 35.3 Å². The van der Waals surface area contributed by atoms with E-state index in [0.717, 1.165) is 15.8 Å². The maximum Gasteiger partial charge on any atom is 0.345 e. The number of ether oxygens (including phenoxy) is 2. The van der Waals surface area contributed by atoms with Crippen molar-refractivity contribution in [1.29, 1.82) is 0 Å². The first-order chi connectivity index (χ1) is 11.6. The molecule has 0 radical (unpaired) electrons. The summed E-state index contributed by atoms with van der Waals surface area (Å²) in [6, 6.07) is 7.64. The summed E-state index contributed by atoms with van der Waals surface area (Å²) in [5.41, 5.74) is 0.413. The molecule has 0 spiro atoms. The third-order valence-corrected chi connectivity index (χ3v) is 4.07. The van der Waals surface area contributed by atoms with Crippen molar-refractivity contribution in [2.75, 3.05) is 6.61 Å². The normalized spacial score (nSPS) is 10.8. The first-order valence-electron chi connectivity index (χ1n) is 7.33. The summed E-state index contributed by atoms with van der Waals surface area (Å²) in [5.74, 6) is 0.0248. The van der Waals surface area contributed by atoms with Crippen molar-refractivity contribution >= 4 is 22.3 Å². The number of esters is 1. The van der Waals surface area contributed by atoms with E-state index in [9.17, 15) is 9.59 Å². The van der Waals surface area contributed by atoms with Crippen LogP contribution in [0, 0.1) is 6.92 Å². The fourth-order valence-corrected chi connectivity index (χ4v) is 2.85. The standard InChI is InChI=1S/C16H15N3O4S/c1-3-22-15(21)12-8-17-16-19(14(12)20)18-13(24-16)9-23-11-6-4-5-10(2)7-11/h4-8H,3,9H2,1-2H3. The molecule has 24 heavy (non-hydrogen) atoms. The lowest BCUT2D eigenvalue weighted by Gasteiger charge is -2.03. The van der Waals surface area contributed by atoms with Gasteiger partial charge in [0.2, 0.25) is 4.96 Å². The Hall–Kier alpha value is -2.74. The summed E-state index contributed by atoms with van der Waals surface area (Å²) in [4.78, 5) is 28.5. The number of fused-ring (bicyclic) bond motifs is 1. The molecular formula is C16H15N3O4S. The first-order valence-corrected chi connectivity index (χ1v) is 8.14. The van der Waals surface area contributed by atoms with Gasteiger partial charge < -0.3 is 9.47 Å². The summed E-state index contributed by atoms with van der Waals surface area (Å²) in [5, 5.41) is 4.77. The molecule has 0 bridgehead atoms. The molecular weight excluding hydrogens is 330 g/mol. The largest absolute Gasteiger partial charge is 0.486 e. The molecule has 2 heterocycles. The average Bonchev–Trinajstić information content (AvgIpc) is 2.98. The third kappa shape index (κ3) is 3.28. The number of carbonyl (C=O) groups excluding carboxylic acids is 1. The SMILES string of the molecule is CCOC(=O)c1cnc2sc(COc3cccc(C)c3)nn2c1=O. The highest BCUT2D eigenvalue weighted by Crippen LogP contribution is 2.17. The molecule has 0 aliphatic heterocycles. The van der Waals surface area contributed by atoms with E-state index in [1.807, 2.05) is 31.2 Å². The molecule has 0 saturated carbocycles. The lowest BCUT2D eigenvalue weighted by molar-refractivity contribution is 0.0523. The van der Waals surface area contributed by atoms with Crippen molar-refractivity contribution in [3.05, 3.63) is 57.0 Å². The molecule has 3 aromatic rings. The van der Waals surface area contributed by atoms with E-state index >= 15 is 0 Å². The molecule has 0 fully saturated rings. The summed E-state index contributed by atoms with van der Waals surface area (Å²) >= 11 is 1.23. The number of hydrogen-bond donors (Lipinski definition) is 0.